The van der Waals surface area contributed by atoms with Crippen LogP contribution in [0.25, 0.3) is 10.9 Å². The molecule has 2 aromatic rings. The van der Waals surface area contributed by atoms with Crippen LogP contribution < -0.4 is 0 Å². The summed E-state index contributed by atoms with van der Waals surface area (Å²) in [6.07, 6.45) is 0. The van der Waals surface area contributed by atoms with E-state index in [2.05, 4.69) is 25.9 Å². The molecule has 0 bridgehead atoms. The lowest BCUT2D eigenvalue weighted by molar-refractivity contribution is 1.15. The highest BCUT2D eigenvalue weighted by Crippen LogP contribution is 2.21. The Kier molecular flexibility index (Phi) is 2.22. The maximum Gasteiger partial charge on any atom is 0.223 e. The van der Waals surface area contributed by atoms with Gasteiger partial charge in [0.15, 0.2) is 0 Å². The fourth-order valence-electron chi connectivity index (χ4n) is 1.23. The van der Waals surface area contributed by atoms with Crippen LogP contribution in [0.2, 0.25) is 5.28 Å². The number of halogens is 2. The van der Waals surface area contributed by atoms with E-state index in [1.165, 1.54) is 0 Å². The van der Waals surface area contributed by atoms with Crippen LogP contribution in [0.1, 0.15) is 5.69 Å². The van der Waals surface area contributed by atoms with Crippen LogP contribution in [0.5, 0.6) is 0 Å². The van der Waals surface area contributed by atoms with Gasteiger partial charge in [0.25, 0.3) is 0 Å². The second-order valence-electron chi connectivity index (χ2n) is 2.74. The van der Waals surface area contributed by atoms with Crippen LogP contribution in [0.15, 0.2) is 22.7 Å². The second-order valence-corrected chi connectivity index (χ2v) is 3.99. The zero-order chi connectivity index (χ0) is 9.42. The van der Waals surface area contributed by atoms with E-state index in [0.29, 0.717) is 5.28 Å². The molecular weight excluding hydrogens is 251 g/mol. The van der Waals surface area contributed by atoms with Crippen molar-refractivity contribution in [3.05, 3.63) is 33.6 Å². The lowest BCUT2D eigenvalue weighted by Crippen LogP contribution is -1.89. The van der Waals surface area contributed by atoms with Crippen molar-refractivity contribution in [1.29, 1.82) is 0 Å². The average Bonchev–Trinajstić information content (AvgIpc) is 2.02. The predicted octanol–water partition coefficient (Wildman–Crippen LogP) is 3.35. The van der Waals surface area contributed by atoms with Gasteiger partial charge in [-0.05, 0) is 36.7 Å². The number of rotatable bonds is 0. The van der Waals surface area contributed by atoms with Crippen molar-refractivity contribution in [2.45, 2.75) is 6.92 Å². The number of aryl methyl sites for hydroxylation is 1. The van der Waals surface area contributed by atoms with E-state index in [1.807, 2.05) is 25.1 Å². The van der Waals surface area contributed by atoms with Gasteiger partial charge < -0.3 is 0 Å². The second kappa shape index (κ2) is 3.24. The first-order valence-electron chi connectivity index (χ1n) is 3.76. The van der Waals surface area contributed by atoms with E-state index >= 15 is 0 Å². The average molecular weight is 258 g/mol. The molecule has 1 aromatic carbocycles. The minimum absolute atomic E-state index is 0.295. The summed E-state index contributed by atoms with van der Waals surface area (Å²) >= 11 is 9.12. The van der Waals surface area contributed by atoms with Crippen LogP contribution in [0.3, 0.4) is 0 Å². The van der Waals surface area contributed by atoms with Gasteiger partial charge >= 0.3 is 0 Å². The highest BCUT2D eigenvalue weighted by atomic mass is 79.9. The molecule has 0 spiro atoms. The third kappa shape index (κ3) is 1.67. The largest absolute Gasteiger partial charge is 0.223 e. The summed E-state index contributed by atoms with van der Waals surface area (Å²) in [6, 6.07) is 5.87. The van der Waals surface area contributed by atoms with Gasteiger partial charge in [-0.1, -0.05) is 15.9 Å². The molecule has 13 heavy (non-hydrogen) atoms. The summed E-state index contributed by atoms with van der Waals surface area (Å²) in [5.41, 5.74) is 1.77. The van der Waals surface area contributed by atoms with Gasteiger partial charge in [0.05, 0.1) is 11.2 Å². The number of aromatic nitrogens is 2. The minimum atomic E-state index is 0.295. The Hall–Kier alpha value is -0.670. The number of hydrogen-bond acceptors (Lipinski definition) is 2. The standard InChI is InChI=1S/C9H6BrClN2/c1-5-7-3-2-6(10)4-8(7)13-9(11)12-5/h2-4H,1H3. The van der Waals surface area contributed by atoms with Gasteiger partial charge in [0.1, 0.15) is 0 Å². The normalized spacial score (nSPS) is 10.7. The van der Waals surface area contributed by atoms with Crippen molar-refractivity contribution < 1.29 is 0 Å². The van der Waals surface area contributed by atoms with Crippen LogP contribution in [0, 0.1) is 6.92 Å². The quantitative estimate of drug-likeness (QED) is 0.676. The topological polar surface area (TPSA) is 25.8 Å². The first-order valence-corrected chi connectivity index (χ1v) is 4.93. The molecule has 0 radical (unpaired) electrons. The van der Waals surface area contributed by atoms with Crippen molar-refractivity contribution >= 4 is 38.4 Å². The van der Waals surface area contributed by atoms with Gasteiger partial charge in [0.2, 0.25) is 5.28 Å². The Balaban J connectivity index is 2.86. The molecule has 1 heterocycles. The van der Waals surface area contributed by atoms with E-state index in [0.717, 1.165) is 21.1 Å². The zero-order valence-electron chi connectivity index (χ0n) is 6.88. The highest BCUT2D eigenvalue weighted by Gasteiger charge is 2.02. The molecule has 0 aliphatic carbocycles. The van der Waals surface area contributed by atoms with Gasteiger partial charge in [-0.15, -0.1) is 0 Å². The molecule has 0 aliphatic heterocycles. The Labute approximate surface area is 89.1 Å². The molecular formula is C9H6BrClN2. The molecule has 2 rings (SSSR count). The Bertz CT molecular complexity index is 465. The molecule has 4 heteroatoms. The van der Waals surface area contributed by atoms with Gasteiger partial charge in [-0.25, -0.2) is 9.97 Å². The number of hydrogen-bond donors (Lipinski definition) is 0. The first kappa shape index (κ1) is 8.91. The molecule has 0 saturated carbocycles. The van der Waals surface area contributed by atoms with Crippen molar-refractivity contribution in [2.75, 3.05) is 0 Å². The Morgan fingerprint density at radius 1 is 1.31 bits per heavy atom. The smallest absolute Gasteiger partial charge is 0.223 e. The number of fused-ring (bicyclic) bond motifs is 1. The van der Waals surface area contributed by atoms with E-state index in [-0.39, 0.29) is 0 Å². The third-order valence-electron chi connectivity index (χ3n) is 1.82. The fraction of sp³-hybridized carbons (Fsp3) is 0.111. The molecule has 0 amide bonds. The maximum absolute atomic E-state index is 5.74. The van der Waals surface area contributed by atoms with Gasteiger partial charge in [-0.2, -0.15) is 0 Å². The molecule has 2 nitrogen and oxygen atoms in total. The van der Waals surface area contributed by atoms with Crippen molar-refractivity contribution in [1.82, 2.24) is 9.97 Å². The minimum Gasteiger partial charge on any atom is -0.223 e. The Morgan fingerprint density at radius 2 is 2.08 bits per heavy atom. The van der Waals surface area contributed by atoms with Gasteiger partial charge in [0, 0.05) is 9.86 Å². The van der Waals surface area contributed by atoms with E-state index in [9.17, 15) is 0 Å². The molecule has 0 aliphatic rings. The SMILES string of the molecule is Cc1nc(Cl)nc2cc(Br)ccc12. The fourth-order valence-corrected chi connectivity index (χ4v) is 1.79. The highest BCUT2D eigenvalue weighted by molar-refractivity contribution is 9.10. The number of benzene rings is 1. The lowest BCUT2D eigenvalue weighted by atomic mass is 10.2. The van der Waals surface area contributed by atoms with Crippen molar-refractivity contribution in [3.63, 3.8) is 0 Å². The van der Waals surface area contributed by atoms with E-state index in [4.69, 9.17) is 11.6 Å². The molecule has 0 N–H and O–H groups in total. The maximum atomic E-state index is 5.74. The zero-order valence-corrected chi connectivity index (χ0v) is 9.22. The van der Waals surface area contributed by atoms with E-state index < -0.39 is 0 Å². The van der Waals surface area contributed by atoms with Crippen LogP contribution in [0.4, 0.5) is 0 Å². The van der Waals surface area contributed by atoms with Crippen LogP contribution in [-0.4, -0.2) is 9.97 Å². The lowest BCUT2D eigenvalue weighted by Gasteiger charge is -2.01. The summed E-state index contributed by atoms with van der Waals surface area (Å²) in [6.45, 7) is 1.92. The van der Waals surface area contributed by atoms with Gasteiger partial charge in [-0.3, -0.25) is 0 Å². The Morgan fingerprint density at radius 3 is 2.85 bits per heavy atom. The summed E-state index contributed by atoms with van der Waals surface area (Å²) in [4.78, 5) is 8.19. The van der Waals surface area contributed by atoms with Crippen molar-refractivity contribution in [2.24, 2.45) is 0 Å². The third-order valence-corrected chi connectivity index (χ3v) is 2.48. The molecule has 0 saturated heterocycles. The van der Waals surface area contributed by atoms with Crippen LogP contribution >= 0.6 is 27.5 Å². The molecule has 0 unspecified atom stereocenters. The predicted molar refractivity (Wildman–Crippen MR) is 57.0 cm³/mol. The summed E-state index contributed by atoms with van der Waals surface area (Å²) < 4.78 is 0.995. The van der Waals surface area contributed by atoms with Crippen molar-refractivity contribution in [3.8, 4) is 0 Å². The molecule has 0 fully saturated rings. The monoisotopic (exact) mass is 256 g/mol. The summed E-state index contributed by atoms with van der Waals surface area (Å²) in [5, 5.41) is 1.33. The molecule has 66 valence electrons. The molecule has 0 atom stereocenters. The summed E-state index contributed by atoms with van der Waals surface area (Å²) in [7, 11) is 0. The summed E-state index contributed by atoms with van der Waals surface area (Å²) in [5.74, 6) is 0. The number of nitrogens with zero attached hydrogens (tertiary/aromatic N) is 2. The van der Waals surface area contributed by atoms with Crippen LogP contribution in [-0.2, 0) is 0 Å². The molecule has 1 aromatic heterocycles. The van der Waals surface area contributed by atoms with E-state index in [1.54, 1.807) is 0 Å². The first-order chi connectivity index (χ1) is 6.16.